The molecule has 26 heavy (non-hydrogen) atoms. The summed E-state index contributed by atoms with van der Waals surface area (Å²) in [5.41, 5.74) is 2.07. The fraction of sp³-hybridized carbons (Fsp3) is 0.400. The zero-order chi connectivity index (χ0) is 17.9. The standard InChI is InChI=1S/C20H23N3O2S/c24-18-13-21-9-11-23(18)16-7-4-10-22(14-16)20(25)19-17(8-12-26-19)15-5-2-1-3-6-15/h1-3,5-6,8,12,16,21H,4,7,9-11,13-14H2. The first-order valence-corrected chi connectivity index (χ1v) is 10.0. The van der Waals surface area contributed by atoms with Crippen molar-refractivity contribution in [1.82, 2.24) is 15.1 Å². The molecule has 1 aromatic carbocycles. The number of carbonyl (C=O) groups excluding carboxylic acids is 2. The Morgan fingerprint density at radius 2 is 2.00 bits per heavy atom. The van der Waals surface area contributed by atoms with Gasteiger partial charge in [0, 0.05) is 37.8 Å². The number of benzene rings is 1. The predicted molar refractivity (Wildman–Crippen MR) is 103 cm³/mol. The van der Waals surface area contributed by atoms with Crippen LogP contribution in [0.4, 0.5) is 0 Å². The Hall–Kier alpha value is -2.18. The van der Waals surface area contributed by atoms with Crippen LogP contribution in [0.2, 0.25) is 0 Å². The van der Waals surface area contributed by atoms with E-state index in [0.717, 1.165) is 48.5 Å². The summed E-state index contributed by atoms with van der Waals surface area (Å²) in [5.74, 6) is 0.239. The summed E-state index contributed by atoms with van der Waals surface area (Å²) in [6.45, 7) is 3.38. The molecule has 0 bridgehead atoms. The summed E-state index contributed by atoms with van der Waals surface area (Å²) < 4.78 is 0. The van der Waals surface area contributed by atoms with Crippen LogP contribution >= 0.6 is 11.3 Å². The normalized spacial score (nSPS) is 21.1. The minimum Gasteiger partial charge on any atom is -0.336 e. The van der Waals surface area contributed by atoms with Crippen molar-refractivity contribution in [3.05, 3.63) is 46.7 Å². The van der Waals surface area contributed by atoms with Crippen molar-refractivity contribution in [3.8, 4) is 11.1 Å². The number of amides is 2. The van der Waals surface area contributed by atoms with Crippen molar-refractivity contribution in [1.29, 1.82) is 0 Å². The van der Waals surface area contributed by atoms with Crippen molar-refractivity contribution in [2.75, 3.05) is 32.7 Å². The third kappa shape index (κ3) is 3.39. The third-order valence-corrected chi connectivity index (χ3v) is 6.10. The van der Waals surface area contributed by atoms with E-state index in [0.29, 0.717) is 13.1 Å². The highest BCUT2D eigenvalue weighted by Crippen LogP contribution is 2.30. The molecule has 6 heteroatoms. The molecule has 2 amide bonds. The van der Waals surface area contributed by atoms with Crippen molar-refractivity contribution >= 4 is 23.2 Å². The molecule has 4 rings (SSSR count). The number of thiophene rings is 1. The van der Waals surface area contributed by atoms with Gasteiger partial charge in [0.2, 0.25) is 5.91 Å². The Bertz CT molecular complexity index is 789. The van der Waals surface area contributed by atoms with Gasteiger partial charge in [0.05, 0.1) is 11.4 Å². The van der Waals surface area contributed by atoms with Crippen LogP contribution in [0.5, 0.6) is 0 Å². The first-order valence-electron chi connectivity index (χ1n) is 9.16. The number of carbonyl (C=O) groups is 2. The Morgan fingerprint density at radius 3 is 2.81 bits per heavy atom. The molecule has 0 saturated carbocycles. The molecule has 1 N–H and O–H groups in total. The van der Waals surface area contributed by atoms with Crippen LogP contribution in [0, 0.1) is 0 Å². The number of rotatable bonds is 3. The summed E-state index contributed by atoms with van der Waals surface area (Å²) >= 11 is 1.50. The molecule has 2 aliphatic rings. The molecule has 0 aliphatic carbocycles. The minimum atomic E-state index is 0.0890. The SMILES string of the molecule is O=C(c1sccc1-c1ccccc1)N1CCCC(N2CCNCC2=O)C1. The highest BCUT2D eigenvalue weighted by Gasteiger charge is 2.32. The monoisotopic (exact) mass is 369 g/mol. The van der Waals surface area contributed by atoms with Gasteiger partial charge in [0.25, 0.3) is 5.91 Å². The van der Waals surface area contributed by atoms with Gasteiger partial charge in [-0.2, -0.15) is 0 Å². The first kappa shape index (κ1) is 17.2. The number of nitrogens with one attached hydrogen (secondary N) is 1. The Morgan fingerprint density at radius 1 is 1.15 bits per heavy atom. The maximum Gasteiger partial charge on any atom is 0.264 e. The van der Waals surface area contributed by atoms with Gasteiger partial charge in [-0.25, -0.2) is 0 Å². The van der Waals surface area contributed by atoms with Crippen LogP contribution in [-0.4, -0.2) is 60.4 Å². The van der Waals surface area contributed by atoms with Crippen molar-refractivity contribution < 1.29 is 9.59 Å². The third-order valence-electron chi connectivity index (χ3n) is 5.19. The number of hydrogen-bond acceptors (Lipinski definition) is 4. The summed E-state index contributed by atoms with van der Waals surface area (Å²) in [5, 5.41) is 5.10. The fourth-order valence-electron chi connectivity index (χ4n) is 3.86. The van der Waals surface area contributed by atoms with Gasteiger partial charge in [-0.1, -0.05) is 30.3 Å². The van der Waals surface area contributed by atoms with Crippen LogP contribution in [0.1, 0.15) is 22.5 Å². The van der Waals surface area contributed by atoms with E-state index >= 15 is 0 Å². The lowest BCUT2D eigenvalue weighted by Crippen LogP contribution is -2.57. The van der Waals surface area contributed by atoms with Crippen LogP contribution in [-0.2, 0) is 4.79 Å². The topological polar surface area (TPSA) is 52.7 Å². The number of piperidine rings is 1. The average molecular weight is 369 g/mol. The van der Waals surface area contributed by atoms with Gasteiger partial charge >= 0.3 is 0 Å². The molecule has 1 aromatic heterocycles. The summed E-state index contributed by atoms with van der Waals surface area (Å²) in [4.78, 5) is 30.1. The second-order valence-corrected chi connectivity index (χ2v) is 7.76. The molecular weight excluding hydrogens is 346 g/mol. The highest BCUT2D eigenvalue weighted by molar-refractivity contribution is 7.12. The molecular formula is C20H23N3O2S. The van der Waals surface area contributed by atoms with Gasteiger partial charge in [0.1, 0.15) is 0 Å². The first-order chi connectivity index (χ1) is 12.7. The van der Waals surface area contributed by atoms with Gasteiger partial charge in [-0.3, -0.25) is 9.59 Å². The van der Waals surface area contributed by atoms with E-state index in [2.05, 4.69) is 5.32 Å². The Labute approximate surface area is 157 Å². The van der Waals surface area contributed by atoms with Crippen molar-refractivity contribution in [3.63, 3.8) is 0 Å². The molecule has 2 aromatic rings. The smallest absolute Gasteiger partial charge is 0.264 e. The van der Waals surface area contributed by atoms with Gasteiger partial charge in [-0.05, 0) is 29.9 Å². The van der Waals surface area contributed by atoms with E-state index in [4.69, 9.17) is 0 Å². The lowest BCUT2D eigenvalue weighted by molar-refractivity contribution is -0.135. The largest absolute Gasteiger partial charge is 0.336 e. The molecule has 5 nitrogen and oxygen atoms in total. The number of likely N-dealkylation sites (tertiary alicyclic amines) is 1. The second-order valence-electron chi connectivity index (χ2n) is 6.84. The molecule has 3 heterocycles. The summed E-state index contributed by atoms with van der Waals surface area (Å²) in [6.07, 6.45) is 1.92. The van der Waals surface area contributed by atoms with E-state index in [1.807, 2.05) is 51.6 Å². The van der Waals surface area contributed by atoms with E-state index in [-0.39, 0.29) is 17.9 Å². The van der Waals surface area contributed by atoms with Crippen molar-refractivity contribution in [2.45, 2.75) is 18.9 Å². The van der Waals surface area contributed by atoms with Crippen LogP contribution < -0.4 is 5.32 Å². The Balaban J connectivity index is 1.52. The highest BCUT2D eigenvalue weighted by atomic mass is 32.1. The van der Waals surface area contributed by atoms with E-state index in [9.17, 15) is 9.59 Å². The number of hydrogen-bond donors (Lipinski definition) is 1. The predicted octanol–water partition coefficient (Wildman–Crippen LogP) is 2.45. The fourth-order valence-corrected chi connectivity index (χ4v) is 4.75. The van der Waals surface area contributed by atoms with Gasteiger partial charge < -0.3 is 15.1 Å². The zero-order valence-corrected chi connectivity index (χ0v) is 15.5. The van der Waals surface area contributed by atoms with Gasteiger partial charge in [-0.15, -0.1) is 11.3 Å². The van der Waals surface area contributed by atoms with E-state index in [1.54, 1.807) is 0 Å². The molecule has 136 valence electrons. The van der Waals surface area contributed by atoms with Crippen LogP contribution in [0.15, 0.2) is 41.8 Å². The molecule has 1 atom stereocenters. The zero-order valence-electron chi connectivity index (χ0n) is 14.7. The second kappa shape index (κ2) is 7.60. The van der Waals surface area contributed by atoms with Gasteiger partial charge in [0.15, 0.2) is 0 Å². The lowest BCUT2D eigenvalue weighted by Gasteiger charge is -2.41. The van der Waals surface area contributed by atoms with Crippen LogP contribution in [0.3, 0.4) is 0 Å². The molecule has 2 aliphatic heterocycles. The maximum absolute atomic E-state index is 13.2. The molecule has 0 spiro atoms. The van der Waals surface area contributed by atoms with E-state index in [1.165, 1.54) is 11.3 Å². The number of nitrogens with zero attached hydrogens (tertiary/aromatic N) is 2. The molecule has 2 saturated heterocycles. The minimum absolute atomic E-state index is 0.0890. The molecule has 1 unspecified atom stereocenters. The lowest BCUT2D eigenvalue weighted by atomic mass is 10.0. The quantitative estimate of drug-likeness (QED) is 0.904. The Kier molecular flexibility index (Phi) is 5.04. The average Bonchev–Trinajstić information content (AvgIpc) is 3.18. The molecule has 0 radical (unpaired) electrons. The molecule has 2 fully saturated rings. The summed E-state index contributed by atoms with van der Waals surface area (Å²) in [7, 11) is 0. The summed E-state index contributed by atoms with van der Waals surface area (Å²) in [6, 6.07) is 12.2. The maximum atomic E-state index is 13.2. The van der Waals surface area contributed by atoms with Crippen LogP contribution in [0.25, 0.3) is 11.1 Å². The van der Waals surface area contributed by atoms with E-state index < -0.39 is 0 Å². The number of piperazine rings is 1. The van der Waals surface area contributed by atoms with Crippen molar-refractivity contribution in [2.24, 2.45) is 0 Å².